The van der Waals surface area contributed by atoms with E-state index in [1.165, 1.54) is 5.56 Å². The Morgan fingerprint density at radius 3 is 2.70 bits per heavy atom. The number of sulfonamides is 1. The van der Waals surface area contributed by atoms with Crippen LogP contribution >= 0.6 is 0 Å². The van der Waals surface area contributed by atoms with Crippen molar-refractivity contribution in [2.45, 2.75) is 64.1 Å². The Kier molecular flexibility index (Phi) is 7.51. The number of carbonyl (C=O) groups is 1. The van der Waals surface area contributed by atoms with Crippen LogP contribution in [0.3, 0.4) is 0 Å². The Labute approximate surface area is 196 Å². The van der Waals surface area contributed by atoms with Gasteiger partial charge in [-0.25, -0.2) is 8.42 Å². The van der Waals surface area contributed by atoms with E-state index >= 15 is 0 Å². The van der Waals surface area contributed by atoms with Crippen molar-refractivity contribution >= 4 is 15.9 Å². The first-order valence-corrected chi connectivity index (χ1v) is 13.5. The fraction of sp³-hybridized carbons (Fsp3) is 0.583. The first kappa shape index (κ1) is 23.9. The van der Waals surface area contributed by atoms with E-state index in [1.807, 2.05) is 44.2 Å². The van der Waals surface area contributed by atoms with Gasteiger partial charge in [0.2, 0.25) is 10.0 Å². The molecule has 1 amide bonds. The molecule has 3 atom stereocenters. The number of hydrogen-bond donors (Lipinski definition) is 2. The van der Waals surface area contributed by atoms with Gasteiger partial charge in [0.1, 0.15) is 5.76 Å². The summed E-state index contributed by atoms with van der Waals surface area (Å²) in [7, 11) is -3.36. The number of aromatic nitrogens is 1. The van der Waals surface area contributed by atoms with Gasteiger partial charge in [-0.15, -0.1) is 0 Å². The Hall–Kier alpha value is -2.23. The number of amides is 1. The SMILES string of the molecule is C[C@@H]1CN(S(=O)(=O)CCCNCc2ccccc2)[C@H](C)C[C@@H]1NC(=O)c1cc(C2CC2)on1. The fourth-order valence-corrected chi connectivity index (χ4v) is 6.26. The van der Waals surface area contributed by atoms with Gasteiger partial charge in [0.15, 0.2) is 5.69 Å². The number of piperidine rings is 1. The molecule has 1 aliphatic carbocycles. The molecule has 0 unspecified atom stereocenters. The van der Waals surface area contributed by atoms with Gasteiger partial charge < -0.3 is 15.2 Å². The first-order chi connectivity index (χ1) is 15.8. The Balaban J connectivity index is 1.24. The zero-order valence-electron chi connectivity index (χ0n) is 19.4. The smallest absolute Gasteiger partial charge is 0.273 e. The third-order valence-corrected chi connectivity index (χ3v) is 8.61. The van der Waals surface area contributed by atoms with E-state index in [-0.39, 0.29) is 29.7 Å². The lowest BCUT2D eigenvalue weighted by Crippen LogP contribution is -2.55. The normalized spacial score (nSPS) is 24.0. The van der Waals surface area contributed by atoms with Gasteiger partial charge in [-0.3, -0.25) is 4.79 Å². The van der Waals surface area contributed by atoms with E-state index in [2.05, 4.69) is 15.8 Å². The first-order valence-electron chi connectivity index (χ1n) is 11.8. The van der Waals surface area contributed by atoms with Crippen LogP contribution in [-0.4, -0.2) is 54.7 Å². The number of carbonyl (C=O) groups excluding carboxylic acids is 1. The second kappa shape index (κ2) is 10.4. The lowest BCUT2D eigenvalue weighted by atomic mass is 9.91. The molecule has 2 aliphatic rings. The van der Waals surface area contributed by atoms with Gasteiger partial charge in [0, 0.05) is 37.2 Å². The lowest BCUT2D eigenvalue weighted by Gasteiger charge is -2.41. The summed E-state index contributed by atoms with van der Waals surface area (Å²) >= 11 is 0. The van der Waals surface area contributed by atoms with Crippen LogP contribution in [-0.2, 0) is 16.6 Å². The van der Waals surface area contributed by atoms with Crippen LogP contribution < -0.4 is 10.6 Å². The predicted molar refractivity (Wildman–Crippen MR) is 126 cm³/mol. The topological polar surface area (TPSA) is 105 Å². The number of benzene rings is 1. The predicted octanol–water partition coefficient (Wildman–Crippen LogP) is 2.89. The van der Waals surface area contributed by atoms with Crippen LogP contribution in [0.2, 0.25) is 0 Å². The molecule has 9 heteroatoms. The molecule has 1 aliphatic heterocycles. The summed E-state index contributed by atoms with van der Waals surface area (Å²) in [6.07, 6.45) is 3.30. The van der Waals surface area contributed by atoms with Gasteiger partial charge in [-0.1, -0.05) is 42.4 Å². The molecule has 0 bridgehead atoms. The van der Waals surface area contributed by atoms with Crippen LogP contribution in [0.25, 0.3) is 0 Å². The molecule has 0 spiro atoms. The monoisotopic (exact) mass is 474 g/mol. The van der Waals surface area contributed by atoms with Gasteiger partial charge in [-0.05, 0) is 50.6 Å². The molecule has 2 fully saturated rings. The third kappa shape index (κ3) is 6.22. The summed E-state index contributed by atoms with van der Waals surface area (Å²) in [5, 5.41) is 10.3. The highest BCUT2D eigenvalue weighted by Gasteiger charge is 2.38. The van der Waals surface area contributed by atoms with Crippen molar-refractivity contribution in [3.8, 4) is 0 Å². The molecular formula is C24H34N4O4S. The zero-order chi connectivity index (χ0) is 23.4. The molecule has 2 heterocycles. The molecule has 1 aromatic heterocycles. The summed E-state index contributed by atoms with van der Waals surface area (Å²) in [5.74, 6) is 1.05. The maximum atomic E-state index is 13.0. The summed E-state index contributed by atoms with van der Waals surface area (Å²) in [4.78, 5) is 12.6. The minimum Gasteiger partial charge on any atom is -0.360 e. The molecular weight excluding hydrogens is 440 g/mol. The minimum absolute atomic E-state index is 0.00549. The van der Waals surface area contributed by atoms with Gasteiger partial charge in [0.25, 0.3) is 5.91 Å². The molecule has 4 rings (SSSR count). The fourth-order valence-electron chi connectivity index (χ4n) is 4.42. The number of nitrogens with zero attached hydrogens (tertiary/aromatic N) is 2. The van der Waals surface area contributed by atoms with Crippen LogP contribution in [0, 0.1) is 5.92 Å². The van der Waals surface area contributed by atoms with Crippen molar-refractivity contribution in [2.75, 3.05) is 18.8 Å². The van der Waals surface area contributed by atoms with Crippen molar-refractivity contribution in [2.24, 2.45) is 5.92 Å². The van der Waals surface area contributed by atoms with Gasteiger partial charge in [0.05, 0.1) is 5.75 Å². The zero-order valence-corrected chi connectivity index (χ0v) is 20.2. The molecule has 1 aromatic carbocycles. The quantitative estimate of drug-likeness (QED) is 0.513. The van der Waals surface area contributed by atoms with Crippen molar-refractivity contribution in [3.63, 3.8) is 0 Å². The summed E-state index contributed by atoms with van der Waals surface area (Å²) in [5.41, 5.74) is 1.48. The van der Waals surface area contributed by atoms with Crippen LogP contribution in [0.15, 0.2) is 40.9 Å². The summed E-state index contributed by atoms with van der Waals surface area (Å²) in [6.45, 7) is 5.67. The van der Waals surface area contributed by atoms with Crippen LogP contribution in [0.5, 0.6) is 0 Å². The van der Waals surface area contributed by atoms with Crippen molar-refractivity contribution in [3.05, 3.63) is 53.4 Å². The maximum absolute atomic E-state index is 13.0. The highest BCUT2D eigenvalue weighted by Crippen LogP contribution is 2.40. The highest BCUT2D eigenvalue weighted by molar-refractivity contribution is 7.89. The van der Waals surface area contributed by atoms with Crippen molar-refractivity contribution in [1.82, 2.24) is 20.1 Å². The van der Waals surface area contributed by atoms with Gasteiger partial charge >= 0.3 is 0 Å². The maximum Gasteiger partial charge on any atom is 0.273 e. The van der Waals surface area contributed by atoms with Crippen LogP contribution in [0.1, 0.15) is 67.3 Å². The average molecular weight is 475 g/mol. The molecule has 2 N–H and O–H groups in total. The number of rotatable bonds is 10. The number of hydrogen-bond acceptors (Lipinski definition) is 6. The lowest BCUT2D eigenvalue weighted by molar-refractivity contribution is 0.0871. The second-order valence-corrected chi connectivity index (χ2v) is 11.5. The van der Waals surface area contributed by atoms with E-state index < -0.39 is 10.0 Å². The van der Waals surface area contributed by atoms with E-state index in [9.17, 15) is 13.2 Å². The average Bonchev–Trinajstić information content (AvgIpc) is 3.52. The molecule has 0 radical (unpaired) electrons. The van der Waals surface area contributed by atoms with E-state index in [4.69, 9.17) is 4.52 Å². The largest absolute Gasteiger partial charge is 0.360 e. The molecule has 8 nitrogen and oxygen atoms in total. The van der Waals surface area contributed by atoms with Gasteiger partial charge in [-0.2, -0.15) is 4.31 Å². The van der Waals surface area contributed by atoms with E-state index in [1.54, 1.807) is 10.4 Å². The van der Waals surface area contributed by atoms with Crippen molar-refractivity contribution < 1.29 is 17.7 Å². The molecule has 180 valence electrons. The highest BCUT2D eigenvalue weighted by atomic mass is 32.2. The molecule has 2 aromatic rings. The Morgan fingerprint density at radius 2 is 1.97 bits per heavy atom. The Morgan fingerprint density at radius 1 is 1.21 bits per heavy atom. The Bertz CT molecular complexity index is 1040. The summed E-state index contributed by atoms with van der Waals surface area (Å²) in [6, 6.07) is 11.5. The number of nitrogens with one attached hydrogen (secondary N) is 2. The van der Waals surface area contributed by atoms with Crippen LogP contribution in [0.4, 0.5) is 0 Å². The van der Waals surface area contributed by atoms with Crippen molar-refractivity contribution in [1.29, 1.82) is 0 Å². The standard InChI is InChI=1S/C24H34N4O4S/c1-17-16-28(33(30,31)12-6-11-25-15-19-7-4-3-5-8-19)18(2)13-21(17)26-24(29)22-14-23(32-27-22)20-9-10-20/h3-5,7-8,14,17-18,20-21,25H,6,9-13,15-16H2,1-2H3,(H,26,29)/t17-,18-,21+/m1/s1. The van der Waals surface area contributed by atoms with E-state index in [0.717, 1.165) is 25.1 Å². The molecule has 1 saturated heterocycles. The molecule has 33 heavy (non-hydrogen) atoms. The third-order valence-electron chi connectivity index (χ3n) is 6.58. The van der Waals surface area contributed by atoms with E-state index in [0.29, 0.717) is 37.5 Å². The molecule has 1 saturated carbocycles. The second-order valence-electron chi connectivity index (χ2n) is 9.43. The minimum atomic E-state index is -3.36. The summed E-state index contributed by atoms with van der Waals surface area (Å²) < 4.78 is 32.9.